The van der Waals surface area contributed by atoms with Crippen LogP contribution in [0, 0.1) is 11.3 Å². The molecule has 0 unspecified atom stereocenters. The van der Waals surface area contributed by atoms with Gasteiger partial charge < -0.3 is 9.30 Å². The zero-order valence-corrected chi connectivity index (χ0v) is 20.6. The summed E-state index contributed by atoms with van der Waals surface area (Å²) < 4.78 is 36.0. The van der Waals surface area contributed by atoms with Gasteiger partial charge in [0.05, 0.1) is 46.5 Å². The minimum atomic E-state index is -3.69. The molecule has 0 radical (unpaired) electrons. The van der Waals surface area contributed by atoms with Gasteiger partial charge in [-0.15, -0.1) is 0 Å². The van der Waals surface area contributed by atoms with Crippen LogP contribution < -0.4 is 4.72 Å². The van der Waals surface area contributed by atoms with Crippen molar-refractivity contribution in [3.05, 3.63) is 89.7 Å². The fraction of sp³-hybridized carbons (Fsp3) is 0.259. The van der Waals surface area contributed by atoms with Gasteiger partial charge in [-0.2, -0.15) is 5.26 Å². The van der Waals surface area contributed by atoms with E-state index in [1.54, 1.807) is 42.5 Å². The molecule has 1 fully saturated rings. The number of morpholine rings is 1. The summed E-state index contributed by atoms with van der Waals surface area (Å²) in [5.41, 5.74) is 3.83. The minimum Gasteiger partial charge on any atom is -0.379 e. The first-order valence-corrected chi connectivity index (χ1v) is 13.4. The van der Waals surface area contributed by atoms with Crippen molar-refractivity contribution >= 4 is 26.7 Å². The monoisotopic (exact) mass is 501 g/mol. The van der Waals surface area contributed by atoms with Crippen molar-refractivity contribution in [1.82, 2.24) is 14.5 Å². The van der Waals surface area contributed by atoms with Crippen LogP contribution in [-0.2, 0) is 27.7 Å². The fourth-order valence-electron chi connectivity index (χ4n) is 4.39. The van der Waals surface area contributed by atoms with Gasteiger partial charge in [0.2, 0.25) is 0 Å². The molecule has 0 aliphatic carbocycles. The molecule has 1 aromatic heterocycles. The molecular formula is C27H27N5O3S. The Labute approximate surface area is 210 Å². The van der Waals surface area contributed by atoms with Gasteiger partial charge in [-0.3, -0.25) is 9.62 Å². The molecule has 2 heterocycles. The van der Waals surface area contributed by atoms with Crippen LogP contribution in [0.2, 0.25) is 0 Å². The number of benzene rings is 3. The predicted octanol–water partition coefficient (Wildman–Crippen LogP) is 3.63. The van der Waals surface area contributed by atoms with Crippen molar-refractivity contribution in [1.29, 1.82) is 5.26 Å². The Morgan fingerprint density at radius 3 is 2.44 bits per heavy atom. The first-order chi connectivity index (χ1) is 17.5. The van der Waals surface area contributed by atoms with E-state index >= 15 is 0 Å². The first-order valence-electron chi connectivity index (χ1n) is 11.9. The van der Waals surface area contributed by atoms with Crippen molar-refractivity contribution in [2.75, 3.05) is 37.6 Å². The second-order valence-electron chi connectivity index (χ2n) is 8.74. The van der Waals surface area contributed by atoms with E-state index < -0.39 is 10.0 Å². The number of nitriles is 1. The number of anilines is 1. The van der Waals surface area contributed by atoms with Gasteiger partial charge in [-0.05, 0) is 48.0 Å². The van der Waals surface area contributed by atoms with E-state index in [2.05, 4.69) is 20.3 Å². The van der Waals surface area contributed by atoms with Crippen LogP contribution in [-0.4, -0.2) is 55.7 Å². The molecule has 0 spiro atoms. The zero-order chi connectivity index (χ0) is 25.0. The molecule has 1 saturated heterocycles. The summed E-state index contributed by atoms with van der Waals surface area (Å²) in [4.78, 5) is 7.49. The Kier molecular flexibility index (Phi) is 7.00. The van der Waals surface area contributed by atoms with E-state index in [1.807, 2.05) is 30.3 Å². The average Bonchev–Trinajstić information content (AvgIpc) is 3.24. The van der Waals surface area contributed by atoms with Crippen LogP contribution in [0.25, 0.3) is 11.0 Å². The maximum absolute atomic E-state index is 12.8. The number of imidazole rings is 1. The summed E-state index contributed by atoms with van der Waals surface area (Å²) in [6, 6.07) is 23.5. The third kappa shape index (κ3) is 5.41. The topological polar surface area (TPSA) is 100 Å². The lowest BCUT2D eigenvalue weighted by Gasteiger charge is -2.27. The van der Waals surface area contributed by atoms with Gasteiger partial charge in [-0.1, -0.05) is 30.3 Å². The lowest BCUT2D eigenvalue weighted by molar-refractivity contribution is 0.0364. The minimum absolute atomic E-state index is 0.211. The van der Waals surface area contributed by atoms with Crippen LogP contribution in [0.15, 0.2) is 77.7 Å². The van der Waals surface area contributed by atoms with Crippen LogP contribution >= 0.6 is 0 Å². The smallest absolute Gasteiger partial charge is 0.261 e. The zero-order valence-electron chi connectivity index (χ0n) is 19.8. The molecule has 5 rings (SSSR count). The van der Waals surface area contributed by atoms with E-state index in [9.17, 15) is 8.42 Å². The van der Waals surface area contributed by atoms with E-state index in [-0.39, 0.29) is 4.90 Å². The maximum Gasteiger partial charge on any atom is 0.261 e. The first kappa shape index (κ1) is 24.0. The summed E-state index contributed by atoms with van der Waals surface area (Å²) in [6.07, 6.45) is 0.606. The van der Waals surface area contributed by atoms with E-state index in [1.165, 1.54) is 0 Å². The van der Waals surface area contributed by atoms with Crippen molar-refractivity contribution < 1.29 is 13.2 Å². The number of rotatable bonds is 8. The Morgan fingerprint density at radius 1 is 0.972 bits per heavy atom. The second-order valence-corrected chi connectivity index (χ2v) is 10.4. The molecule has 8 nitrogen and oxygen atoms in total. The molecular weight excluding hydrogens is 474 g/mol. The standard InChI is InChI=1S/C27H27N5O3S/c28-20-22-8-6-21(7-9-22)18-27-29-25-19-23(30-36(33,34)24-4-2-1-3-5-24)10-11-26(25)32(27)13-12-31-14-16-35-17-15-31/h1-11,19,30H,12-18H2. The molecule has 0 amide bonds. The highest BCUT2D eigenvalue weighted by Gasteiger charge is 2.17. The third-order valence-corrected chi connectivity index (χ3v) is 7.72. The highest BCUT2D eigenvalue weighted by atomic mass is 32.2. The van der Waals surface area contributed by atoms with Crippen LogP contribution in [0.1, 0.15) is 17.0 Å². The molecule has 0 saturated carbocycles. The largest absolute Gasteiger partial charge is 0.379 e. The number of fused-ring (bicyclic) bond motifs is 1. The van der Waals surface area contributed by atoms with Gasteiger partial charge in [0.1, 0.15) is 5.82 Å². The van der Waals surface area contributed by atoms with Crippen molar-refractivity contribution in [2.45, 2.75) is 17.9 Å². The van der Waals surface area contributed by atoms with Crippen LogP contribution in [0.3, 0.4) is 0 Å². The molecule has 1 aliphatic heterocycles. The predicted molar refractivity (Wildman–Crippen MR) is 138 cm³/mol. The Balaban J connectivity index is 1.45. The molecule has 3 aromatic carbocycles. The number of hydrogen-bond donors (Lipinski definition) is 1. The summed E-state index contributed by atoms with van der Waals surface area (Å²) in [6.45, 7) is 4.93. The van der Waals surface area contributed by atoms with Crippen molar-refractivity contribution in [3.63, 3.8) is 0 Å². The van der Waals surface area contributed by atoms with Crippen LogP contribution in [0.5, 0.6) is 0 Å². The van der Waals surface area contributed by atoms with Crippen molar-refractivity contribution in [3.8, 4) is 6.07 Å². The Morgan fingerprint density at radius 2 is 1.72 bits per heavy atom. The maximum atomic E-state index is 12.8. The van der Waals surface area contributed by atoms with Gasteiger partial charge in [-0.25, -0.2) is 13.4 Å². The molecule has 9 heteroatoms. The van der Waals surface area contributed by atoms with Gasteiger partial charge in [0.25, 0.3) is 10.0 Å². The van der Waals surface area contributed by atoms with Crippen LogP contribution in [0.4, 0.5) is 5.69 Å². The molecule has 184 valence electrons. The highest BCUT2D eigenvalue weighted by Crippen LogP contribution is 2.24. The lowest BCUT2D eigenvalue weighted by Crippen LogP contribution is -2.38. The van der Waals surface area contributed by atoms with Gasteiger partial charge in [0, 0.05) is 32.6 Å². The lowest BCUT2D eigenvalue weighted by atomic mass is 10.1. The number of nitrogens with one attached hydrogen (secondary N) is 1. The number of hydrogen-bond acceptors (Lipinski definition) is 6. The summed E-state index contributed by atoms with van der Waals surface area (Å²) in [7, 11) is -3.69. The highest BCUT2D eigenvalue weighted by molar-refractivity contribution is 7.92. The molecule has 1 aliphatic rings. The van der Waals surface area contributed by atoms with Crippen molar-refractivity contribution in [2.24, 2.45) is 0 Å². The quantitative estimate of drug-likeness (QED) is 0.396. The molecule has 36 heavy (non-hydrogen) atoms. The second kappa shape index (κ2) is 10.5. The SMILES string of the molecule is N#Cc1ccc(Cc2nc3cc(NS(=O)(=O)c4ccccc4)ccc3n2CCN2CCOCC2)cc1. The normalized spacial score (nSPS) is 14.5. The van der Waals surface area contributed by atoms with E-state index in [4.69, 9.17) is 15.0 Å². The molecule has 1 N–H and O–H groups in total. The summed E-state index contributed by atoms with van der Waals surface area (Å²) in [5.74, 6) is 0.894. The fourth-order valence-corrected chi connectivity index (χ4v) is 5.46. The Hall–Kier alpha value is -3.71. The van der Waals surface area contributed by atoms with E-state index in [0.29, 0.717) is 17.7 Å². The molecule has 0 bridgehead atoms. The van der Waals surface area contributed by atoms with Gasteiger partial charge >= 0.3 is 0 Å². The summed E-state index contributed by atoms with van der Waals surface area (Å²) >= 11 is 0. The number of aromatic nitrogens is 2. The van der Waals surface area contributed by atoms with Gasteiger partial charge in [0.15, 0.2) is 0 Å². The molecule has 0 atom stereocenters. The third-order valence-electron chi connectivity index (χ3n) is 6.32. The Bertz CT molecular complexity index is 1490. The number of ether oxygens (including phenoxy) is 1. The average molecular weight is 502 g/mol. The summed E-state index contributed by atoms with van der Waals surface area (Å²) in [5, 5.41) is 9.10. The van der Waals surface area contributed by atoms with E-state index in [0.717, 1.165) is 61.8 Å². The molecule has 4 aromatic rings. The number of nitrogens with zero attached hydrogens (tertiary/aromatic N) is 4. The number of sulfonamides is 1.